The number of aromatic nitrogens is 2. The molecule has 2 aromatic heterocycles. The maximum atomic E-state index is 12.7. The number of nitrogens with one attached hydrogen (secondary N) is 2. The molecule has 2 aromatic carbocycles. The lowest BCUT2D eigenvalue weighted by atomic mass is 10.2. The molecular weight excluding hydrogens is 448 g/mol. The van der Waals surface area contributed by atoms with Crippen molar-refractivity contribution in [1.29, 1.82) is 0 Å². The molecule has 32 heavy (non-hydrogen) atoms. The maximum absolute atomic E-state index is 12.7. The second kappa shape index (κ2) is 9.42. The van der Waals surface area contributed by atoms with Gasteiger partial charge in [0, 0.05) is 22.6 Å². The number of rotatable bonds is 6. The van der Waals surface area contributed by atoms with Gasteiger partial charge in [-0.15, -0.1) is 11.3 Å². The predicted molar refractivity (Wildman–Crippen MR) is 127 cm³/mol. The number of benzene rings is 2. The van der Waals surface area contributed by atoms with Crippen LogP contribution in [0.25, 0.3) is 10.2 Å². The van der Waals surface area contributed by atoms with Crippen molar-refractivity contribution in [3.05, 3.63) is 81.3 Å². The average molecular weight is 469 g/mol. The summed E-state index contributed by atoms with van der Waals surface area (Å²) in [6.07, 6.45) is -0.527. The van der Waals surface area contributed by atoms with E-state index in [1.165, 1.54) is 18.4 Å². The van der Waals surface area contributed by atoms with E-state index in [0.29, 0.717) is 28.7 Å². The Labute approximate surface area is 194 Å². The van der Waals surface area contributed by atoms with Crippen molar-refractivity contribution in [1.82, 2.24) is 15.1 Å². The summed E-state index contributed by atoms with van der Waals surface area (Å²) in [6.45, 7) is 2.93. The third-order valence-electron chi connectivity index (χ3n) is 4.92. The zero-order chi connectivity index (χ0) is 22.7. The molecule has 0 aliphatic carbocycles. The molecule has 4 aromatic rings. The van der Waals surface area contributed by atoms with Gasteiger partial charge in [-0.3, -0.25) is 14.8 Å². The van der Waals surface area contributed by atoms with Gasteiger partial charge in [-0.2, -0.15) is 5.10 Å². The van der Waals surface area contributed by atoms with E-state index in [0.717, 1.165) is 27.0 Å². The number of amides is 2. The quantitative estimate of drug-likeness (QED) is 0.406. The van der Waals surface area contributed by atoms with Crippen LogP contribution < -0.4 is 10.6 Å². The number of halogens is 1. The molecule has 2 N–H and O–H groups in total. The van der Waals surface area contributed by atoms with Crippen LogP contribution in [0.2, 0.25) is 5.02 Å². The fourth-order valence-corrected chi connectivity index (χ4v) is 4.44. The zero-order valence-electron chi connectivity index (χ0n) is 17.5. The predicted octanol–water partition coefficient (Wildman–Crippen LogP) is 5.22. The highest BCUT2D eigenvalue weighted by Crippen LogP contribution is 2.29. The molecule has 0 aliphatic rings. The molecule has 2 amide bonds. The van der Waals surface area contributed by atoms with E-state index in [4.69, 9.17) is 11.6 Å². The van der Waals surface area contributed by atoms with Gasteiger partial charge < -0.3 is 10.1 Å². The van der Waals surface area contributed by atoms with Crippen LogP contribution in [0, 0.1) is 6.92 Å². The van der Waals surface area contributed by atoms with Crippen molar-refractivity contribution in [2.75, 3.05) is 12.4 Å². The molecule has 2 heterocycles. The standard InChI is InChI=1S/C23H21ClN4O3S/c1-14-19-11-20(32-22(19)28(27-14)13-16-3-7-17(24)8-4-16)21(29)25-12-15-5-9-18(10-6-15)26-23(30)31-2/h3-11H,12-13H2,1-2H3,(H,25,29)(H,26,30). The number of anilines is 1. The summed E-state index contributed by atoms with van der Waals surface area (Å²) >= 11 is 7.40. The van der Waals surface area contributed by atoms with Crippen LogP contribution in [0.1, 0.15) is 26.5 Å². The highest BCUT2D eigenvalue weighted by molar-refractivity contribution is 7.20. The van der Waals surface area contributed by atoms with Crippen LogP contribution >= 0.6 is 22.9 Å². The van der Waals surface area contributed by atoms with Crippen LogP contribution in [-0.2, 0) is 17.8 Å². The van der Waals surface area contributed by atoms with Gasteiger partial charge in [0.25, 0.3) is 5.91 Å². The Morgan fingerprint density at radius 3 is 2.47 bits per heavy atom. The van der Waals surface area contributed by atoms with Gasteiger partial charge in [-0.05, 0) is 48.4 Å². The number of aryl methyl sites for hydroxylation is 1. The maximum Gasteiger partial charge on any atom is 0.411 e. The van der Waals surface area contributed by atoms with Crippen molar-refractivity contribution >= 4 is 50.8 Å². The van der Waals surface area contributed by atoms with E-state index in [2.05, 4.69) is 20.5 Å². The molecule has 0 aliphatic heterocycles. The summed E-state index contributed by atoms with van der Waals surface area (Å²) in [5.74, 6) is -0.139. The van der Waals surface area contributed by atoms with E-state index in [1.54, 1.807) is 12.1 Å². The Hall–Kier alpha value is -3.36. The summed E-state index contributed by atoms with van der Waals surface area (Å²) in [6, 6.07) is 16.7. The van der Waals surface area contributed by atoms with Crippen LogP contribution in [0.15, 0.2) is 54.6 Å². The van der Waals surface area contributed by atoms with E-state index in [1.807, 2.05) is 54.1 Å². The Bertz CT molecular complexity index is 1260. The first kappa shape index (κ1) is 21.9. The summed E-state index contributed by atoms with van der Waals surface area (Å²) < 4.78 is 6.49. The van der Waals surface area contributed by atoms with E-state index >= 15 is 0 Å². The molecule has 0 saturated heterocycles. The first-order chi connectivity index (χ1) is 15.4. The van der Waals surface area contributed by atoms with Gasteiger partial charge in [-0.25, -0.2) is 4.79 Å². The van der Waals surface area contributed by atoms with Crippen molar-refractivity contribution < 1.29 is 14.3 Å². The molecule has 0 bridgehead atoms. The van der Waals surface area contributed by atoms with Gasteiger partial charge in [0.1, 0.15) is 4.83 Å². The van der Waals surface area contributed by atoms with Gasteiger partial charge in [0.2, 0.25) is 0 Å². The second-order valence-electron chi connectivity index (χ2n) is 7.20. The number of ether oxygens (including phenoxy) is 1. The normalized spacial score (nSPS) is 10.8. The fraction of sp³-hybridized carbons (Fsp3) is 0.174. The molecule has 0 atom stereocenters. The van der Waals surface area contributed by atoms with Crippen LogP contribution in [0.4, 0.5) is 10.5 Å². The Morgan fingerprint density at radius 2 is 1.78 bits per heavy atom. The Balaban J connectivity index is 1.43. The SMILES string of the molecule is COC(=O)Nc1ccc(CNC(=O)c2cc3c(C)nn(Cc4ccc(Cl)cc4)c3s2)cc1. The van der Waals surface area contributed by atoms with E-state index in [9.17, 15) is 9.59 Å². The first-order valence-corrected chi connectivity index (χ1v) is 11.1. The molecule has 7 nitrogen and oxygen atoms in total. The number of thiophene rings is 1. The lowest BCUT2D eigenvalue weighted by Crippen LogP contribution is -2.21. The topological polar surface area (TPSA) is 85.2 Å². The lowest BCUT2D eigenvalue weighted by molar-refractivity contribution is 0.0955. The highest BCUT2D eigenvalue weighted by atomic mass is 35.5. The van der Waals surface area contributed by atoms with E-state index in [-0.39, 0.29) is 5.91 Å². The van der Waals surface area contributed by atoms with Gasteiger partial charge >= 0.3 is 6.09 Å². The third-order valence-corrected chi connectivity index (χ3v) is 6.31. The van der Waals surface area contributed by atoms with Gasteiger partial charge in [0.15, 0.2) is 0 Å². The molecule has 0 saturated carbocycles. The zero-order valence-corrected chi connectivity index (χ0v) is 19.1. The molecule has 0 radical (unpaired) electrons. The highest BCUT2D eigenvalue weighted by Gasteiger charge is 2.16. The van der Waals surface area contributed by atoms with Crippen molar-refractivity contribution in [2.45, 2.75) is 20.0 Å². The molecule has 0 spiro atoms. The van der Waals surface area contributed by atoms with Crippen molar-refractivity contribution in [3.63, 3.8) is 0 Å². The van der Waals surface area contributed by atoms with Crippen LogP contribution in [0.3, 0.4) is 0 Å². The van der Waals surface area contributed by atoms with Crippen LogP contribution in [-0.4, -0.2) is 28.9 Å². The first-order valence-electron chi connectivity index (χ1n) is 9.86. The van der Waals surface area contributed by atoms with Gasteiger partial charge in [-0.1, -0.05) is 35.9 Å². The Kier molecular flexibility index (Phi) is 6.43. The summed E-state index contributed by atoms with van der Waals surface area (Å²) in [7, 11) is 1.31. The molecular formula is C23H21ClN4O3S. The second-order valence-corrected chi connectivity index (χ2v) is 8.66. The summed E-state index contributed by atoms with van der Waals surface area (Å²) in [5, 5.41) is 11.8. The largest absolute Gasteiger partial charge is 0.453 e. The Morgan fingerprint density at radius 1 is 1.09 bits per heavy atom. The average Bonchev–Trinajstić information content (AvgIpc) is 3.36. The van der Waals surface area contributed by atoms with Crippen molar-refractivity contribution in [3.8, 4) is 0 Å². The molecule has 4 rings (SSSR count). The van der Waals surface area contributed by atoms with E-state index < -0.39 is 6.09 Å². The summed E-state index contributed by atoms with van der Waals surface area (Å²) in [4.78, 5) is 25.6. The minimum absolute atomic E-state index is 0.139. The molecule has 9 heteroatoms. The monoisotopic (exact) mass is 468 g/mol. The van der Waals surface area contributed by atoms with Crippen LogP contribution in [0.5, 0.6) is 0 Å². The molecule has 0 unspecified atom stereocenters. The summed E-state index contributed by atoms with van der Waals surface area (Å²) in [5.41, 5.74) is 3.51. The number of fused-ring (bicyclic) bond motifs is 1. The number of carbonyl (C=O) groups is 2. The molecule has 0 fully saturated rings. The minimum Gasteiger partial charge on any atom is -0.453 e. The minimum atomic E-state index is -0.527. The fourth-order valence-electron chi connectivity index (χ4n) is 3.24. The number of carbonyl (C=O) groups excluding carboxylic acids is 2. The van der Waals surface area contributed by atoms with Gasteiger partial charge in [0.05, 0.1) is 24.2 Å². The number of hydrogen-bond donors (Lipinski definition) is 2. The third kappa shape index (κ3) is 4.92. The number of nitrogens with zero attached hydrogens (tertiary/aromatic N) is 2. The number of methoxy groups -OCH3 is 1. The number of hydrogen-bond acceptors (Lipinski definition) is 5. The molecule has 164 valence electrons. The van der Waals surface area contributed by atoms with Crippen molar-refractivity contribution in [2.24, 2.45) is 0 Å². The lowest BCUT2D eigenvalue weighted by Gasteiger charge is -2.07. The smallest absolute Gasteiger partial charge is 0.411 e.